The van der Waals surface area contributed by atoms with Crippen LogP contribution in [-0.2, 0) is 6.54 Å². The molecule has 0 atom stereocenters. The van der Waals surface area contributed by atoms with Crippen molar-refractivity contribution < 1.29 is 0 Å². The van der Waals surface area contributed by atoms with Crippen molar-refractivity contribution in [3.05, 3.63) is 30.1 Å². The Morgan fingerprint density at radius 3 is 2.56 bits per heavy atom. The topological polar surface area (TPSA) is 42.1 Å². The van der Waals surface area contributed by atoms with E-state index in [4.69, 9.17) is 18.0 Å². The number of aromatic nitrogens is 1. The molecule has 86 valence electrons. The lowest BCUT2D eigenvalue weighted by Gasteiger charge is -2.31. The van der Waals surface area contributed by atoms with Gasteiger partial charge < -0.3 is 5.73 Å². The highest BCUT2D eigenvalue weighted by atomic mass is 32.1. The minimum Gasteiger partial charge on any atom is -0.393 e. The Labute approximate surface area is 102 Å². The number of hydrogen-bond donors (Lipinski definition) is 1. The third kappa shape index (κ3) is 3.00. The lowest BCUT2D eigenvalue weighted by atomic mass is 9.97. The van der Waals surface area contributed by atoms with Gasteiger partial charge in [-0.3, -0.25) is 9.88 Å². The first kappa shape index (κ1) is 11.5. The second-order valence-corrected chi connectivity index (χ2v) is 4.78. The van der Waals surface area contributed by atoms with Crippen LogP contribution in [0.1, 0.15) is 18.4 Å². The van der Waals surface area contributed by atoms with Gasteiger partial charge in [0.1, 0.15) is 0 Å². The third-order valence-corrected chi connectivity index (χ3v) is 3.48. The minimum absolute atomic E-state index is 0.448. The average Bonchev–Trinajstić information content (AvgIpc) is 2.31. The average molecular weight is 235 g/mol. The van der Waals surface area contributed by atoms with Crippen LogP contribution in [0.25, 0.3) is 0 Å². The molecule has 1 aliphatic rings. The first-order chi connectivity index (χ1) is 7.75. The molecule has 16 heavy (non-hydrogen) atoms. The Morgan fingerprint density at radius 1 is 1.38 bits per heavy atom. The third-order valence-electron chi connectivity index (χ3n) is 3.15. The predicted molar refractivity (Wildman–Crippen MR) is 69.0 cm³/mol. The number of hydrogen-bond acceptors (Lipinski definition) is 3. The molecule has 2 N–H and O–H groups in total. The number of nitrogens with two attached hydrogens (primary N) is 1. The zero-order valence-electron chi connectivity index (χ0n) is 9.30. The number of nitrogens with zero attached hydrogens (tertiary/aromatic N) is 2. The maximum absolute atomic E-state index is 5.67. The van der Waals surface area contributed by atoms with E-state index in [0.717, 1.165) is 32.5 Å². The van der Waals surface area contributed by atoms with Crippen LogP contribution in [0, 0.1) is 5.92 Å². The Balaban J connectivity index is 1.84. The Kier molecular flexibility index (Phi) is 3.85. The van der Waals surface area contributed by atoms with Crippen LogP contribution >= 0.6 is 12.2 Å². The molecule has 1 aliphatic heterocycles. The number of piperidine rings is 1. The van der Waals surface area contributed by atoms with Crippen molar-refractivity contribution in [1.29, 1.82) is 0 Å². The molecular formula is C12H17N3S. The monoisotopic (exact) mass is 235 g/mol. The van der Waals surface area contributed by atoms with E-state index in [0.29, 0.717) is 10.9 Å². The van der Waals surface area contributed by atoms with Gasteiger partial charge in [0.2, 0.25) is 0 Å². The van der Waals surface area contributed by atoms with Crippen LogP contribution < -0.4 is 5.73 Å². The minimum atomic E-state index is 0.448. The molecule has 0 spiro atoms. The van der Waals surface area contributed by atoms with Crippen molar-refractivity contribution in [2.75, 3.05) is 13.1 Å². The molecule has 1 aromatic rings. The summed E-state index contributed by atoms with van der Waals surface area (Å²) in [5, 5.41) is 0. The van der Waals surface area contributed by atoms with E-state index in [1.807, 2.05) is 12.4 Å². The van der Waals surface area contributed by atoms with Crippen LogP contribution in [0.2, 0.25) is 0 Å². The zero-order chi connectivity index (χ0) is 11.4. The van der Waals surface area contributed by atoms with Gasteiger partial charge in [-0.1, -0.05) is 12.2 Å². The SMILES string of the molecule is NC(=S)C1CCN(Cc2ccncc2)CC1. The molecule has 0 aromatic carbocycles. The Morgan fingerprint density at radius 2 is 2.00 bits per heavy atom. The molecule has 0 amide bonds. The summed E-state index contributed by atoms with van der Waals surface area (Å²) in [5.74, 6) is 0.448. The predicted octanol–water partition coefficient (Wildman–Crippen LogP) is 1.58. The van der Waals surface area contributed by atoms with E-state index in [9.17, 15) is 0 Å². The quantitative estimate of drug-likeness (QED) is 0.808. The fraction of sp³-hybridized carbons (Fsp3) is 0.500. The van der Waals surface area contributed by atoms with Crippen molar-refractivity contribution >= 4 is 17.2 Å². The highest BCUT2D eigenvalue weighted by molar-refractivity contribution is 7.80. The van der Waals surface area contributed by atoms with Gasteiger partial charge in [-0.05, 0) is 43.6 Å². The van der Waals surface area contributed by atoms with E-state index in [-0.39, 0.29) is 0 Å². The number of thiocarbonyl (C=S) groups is 1. The highest BCUT2D eigenvalue weighted by Gasteiger charge is 2.20. The summed E-state index contributed by atoms with van der Waals surface area (Å²) in [6, 6.07) is 4.14. The molecule has 1 aromatic heterocycles. The molecule has 2 rings (SSSR count). The normalized spacial score (nSPS) is 18.5. The fourth-order valence-electron chi connectivity index (χ4n) is 2.12. The molecule has 3 nitrogen and oxygen atoms in total. The molecule has 0 radical (unpaired) electrons. The number of pyridine rings is 1. The molecule has 1 saturated heterocycles. The summed E-state index contributed by atoms with van der Waals surface area (Å²) in [6.07, 6.45) is 5.88. The first-order valence-corrected chi connectivity index (χ1v) is 6.07. The van der Waals surface area contributed by atoms with Crippen molar-refractivity contribution in [3.63, 3.8) is 0 Å². The van der Waals surface area contributed by atoms with Crippen LogP contribution in [0.5, 0.6) is 0 Å². The van der Waals surface area contributed by atoms with Crippen molar-refractivity contribution in [2.45, 2.75) is 19.4 Å². The van der Waals surface area contributed by atoms with E-state index < -0.39 is 0 Å². The van der Waals surface area contributed by atoms with Gasteiger partial charge in [-0.25, -0.2) is 0 Å². The molecule has 4 heteroatoms. The number of rotatable bonds is 3. The highest BCUT2D eigenvalue weighted by Crippen LogP contribution is 2.18. The zero-order valence-corrected chi connectivity index (χ0v) is 10.1. The molecule has 1 fully saturated rings. The van der Waals surface area contributed by atoms with E-state index in [1.54, 1.807) is 0 Å². The first-order valence-electron chi connectivity index (χ1n) is 5.66. The standard InChI is InChI=1S/C12H17N3S/c13-12(16)11-3-7-15(8-4-11)9-10-1-5-14-6-2-10/h1-2,5-6,11H,3-4,7-9H2,(H2,13,16). The maximum atomic E-state index is 5.67. The molecule has 0 saturated carbocycles. The summed E-state index contributed by atoms with van der Waals surface area (Å²) in [7, 11) is 0. The van der Waals surface area contributed by atoms with Gasteiger partial charge in [-0.2, -0.15) is 0 Å². The summed E-state index contributed by atoms with van der Waals surface area (Å²) in [5.41, 5.74) is 6.99. The smallest absolute Gasteiger partial charge is 0.0759 e. The molecular weight excluding hydrogens is 218 g/mol. The van der Waals surface area contributed by atoms with Gasteiger partial charge in [0.15, 0.2) is 0 Å². The Hall–Kier alpha value is -1.00. The summed E-state index contributed by atoms with van der Waals surface area (Å²) in [6.45, 7) is 3.18. The maximum Gasteiger partial charge on any atom is 0.0759 e. The lowest BCUT2D eigenvalue weighted by Crippen LogP contribution is -2.37. The van der Waals surface area contributed by atoms with Gasteiger partial charge in [-0.15, -0.1) is 0 Å². The largest absolute Gasteiger partial charge is 0.393 e. The summed E-state index contributed by atoms with van der Waals surface area (Å²) >= 11 is 5.03. The van der Waals surface area contributed by atoms with Gasteiger partial charge in [0.05, 0.1) is 4.99 Å². The second kappa shape index (κ2) is 5.37. The van der Waals surface area contributed by atoms with Crippen LogP contribution in [0.15, 0.2) is 24.5 Å². The van der Waals surface area contributed by atoms with E-state index >= 15 is 0 Å². The van der Waals surface area contributed by atoms with Gasteiger partial charge in [0, 0.05) is 24.9 Å². The van der Waals surface area contributed by atoms with E-state index in [2.05, 4.69) is 22.0 Å². The molecule has 0 aliphatic carbocycles. The number of likely N-dealkylation sites (tertiary alicyclic amines) is 1. The van der Waals surface area contributed by atoms with Gasteiger partial charge in [0.25, 0.3) is 0 Å². The van der Waals surface area contributed by atoms with Crippen molar-refractivity contribution in [3.8, 4) is 0 Å². The van der Waals surface area contributed by atoms with E-state index in [1.165, 1.54) is 5.56 Å². The lowest BCUT2D eigenvalue weighted by molar-refractivity contribution is 0.202. The second-order valence-electron chi connectivity index (χ2n) is 4.31. The van der Waals surface area contributed by atoms with Crippen molar-refractivity contribution in [2.24, 2.45) is 11.7 Å². The fourth-order valence-corrected chi connectivity index (χ4v) is 2.36. The van der Waals surface area contributed by atoms with Crippen LogP contribution in [-0.4, -0.2) is 28.0 Å². The summed E-state index contributed by atoms with van der Waals surface area (Å²) < 4.78 is 0. The van der Waals surface area contributed by atoms with Gasteiger partial charge >= 0.3 is 0 Å². The molecule has 0 bridgehead atoms. The Bertz CT molecular complexity index is 345. The van der Waals surface area contributed by atoms with Crippen LogP contribution in [0.3, 0.4) is 0 Å². The summed E-state index contributed by atoms with van der Waals surface area (Å²) in [4.78, 5) is 7.15. The van der Waals surface area contributed by atoms with Crippen molar-refractivity contribution in [1.82, 2.24) is 9.88 Å². The molecule has 0 unspecified atom stereocenters. The van der Waals surface area contributed by atoms with Crippen LogP contribution in [0.4, 0.5) is 0 Å². The molecule has 2 heterocycles.